The zero-order valence-electron chi connectivity index (χ0n) is 21.8. The van der Waals surface area contributed by atoms with Crippen molar-refractivity contribution in [3.8, 4) is 5.75 Å². The van der Waals surface area contributed by atoms with Crippen LogP contribution in [0.4, 0.5) is 0 Å². The number of rotatable bonds is 8. The summed E-state index contributed by atoms with van der Waals surface area (Å²) in [5, 5.41) is 3.09. The second kappa shape index (κ2) is 10.7. The van der Waals surface area contributed by atoms with Crippen LogP contribution in [0.1, 0.15) is 56.7 Å². The van der Waals surface area contributed by atoms with E-state index in [2.05, 4.69) is 10.2 Å². The minimum atomic E-state index is -1.21. The molecular weight excluding hydrogens is 492 g/mol. The number of benzene rings is 3. The SMILES string of the molecule is O=Cc1ccc(COc2ccc(C(=O)N[C@]3(C(=O)OC4CN5CCC4CC5)CCc4ccccc43)cc2)cc1. The van der Waals surface area contributed by atoms with Crippen molar-refractivity contribution in [2.24, 2.45) is 5.92 Å². The standard InChI is InChI=1S/C32H32N2O5/c35-20-22-5-7-23(8-6-22)21-38-27-11-9-26(10-12-27)30(36)33-32(16-13-24-3-1-2-4-28(24)32)31(37)39-29-19-34-17-14-25(29)15-18-34/h1-12,20,25,29H,13-19,21H2,(H,33,36)/t29?,32-/m1/s1. The molecule has 4 aliphatic rings. The van der Waals surface area contributed by atoms with Gasteiger partial charge in [-0.1, -0.05) is 48.5 Å². The van der Waals surface area contributed by atoms with Crippen molar-refractivity contribution >= 4 is 18.2 Å². The van der Waals surface area contributed by atoms with Crippen molar-refractivity contribution < 1.29 is 23.9 Å². The molecule has 39 heavy (non-hydrogen) atoms. The molecule has 7 rings (SSSR count). The number of hydrogen-bond donors (Lipinski definition) is 1. The zero-order valence-corrected chi connectivity index (χ0v) is 21.8. The Labute approximate surface area is 228 Å². The number of ether oxygens (including phenoxy) is 2. The van der Waals surface area contributed by atoms with E-state index in [-0.39, 0.29) is 18.0 Å². The lowest BCUT2D eigenvalue weighted by atomic mass is 9.85. The summed E-state index contributed by atoms with van der Waals surface area (Å²) in [7, 11) is 0. The molecule has 200 valence electrons. The lowest BCUT2D eigenvalue weighted by Crippen LogP contribution is -2.56. The molecule has 0 aromatic heterocycles. The molecular formula is C32H32N2O5. The van der Waals surface area contributed by atoms with Gasteiger partial charge >= 0.3 is 5.97 Å². The Morgan fingerprint density at radius 3 is 2.41 bits per heavy atom. The fraction of sp³-hybridized carbons (Fsp3) is 0.344. The van der Waals surface area contributed by atoms with Crippen molar-refractivity contribution in [1.29, 1.82) is 0 Å². The molecule has 7 heteroatoms. The largest absolute Gasteiger partial charge is 0.489 e. The van der Waals surface area contributed by atoms with Gasteiger partial charge in [0.2, 0.25) is 0 Å². The van der Waals surface area contributed by atoms with Gasteiger partial charge in [0.15, 0.2) is 5.54 Å². The molecule has 1 aliphatic carbocycles. The Morgan fingerprint density at radius 2 is 1.72 bits per heavy atom. The van der Waals surface area contributed by atoms with Crippen LogP contribution < -0.4 is 10.1 Å². The minimum Gasteiger partial charge on any atom is -0.489 e. The maximum atomic E-state index is 13.9. The Kier molecular flexibility index (Phi) is 6.92. The average Bonchev–Trinajstić information content (AvgIpc) is 3.36. The number of amides is 1. The minimum absolute atomic E-state index is 0.132. The van der Waals surface area contributed by atoms with E-state index in [4.69, 9.17) is 9.47 Å². The van der Waals surface area contributed by atoms with E-state index < -0.39 is 5.54 Å². The molecule has 0 radical (unpaired) electrons. The topological polar surface area (TPSA) is 84.9 Å². The van der Waals surface area contributed by atoms with Crippen LogP contribution in [0, 0.1) is 5.92 Å². The zero-order chi connectivity index (χ0) is 26.8. The summed E-state index contributed by atoms with van der Waals surface area (Å²) >= 11 is 0. The fourth-order valence-corrected chi connectivity index (χ4v) is 6.11. The number of nitrogens with one attached hydrogen (secondary N) is 1. The molecule has 1 N–H and O–H groups in total. The van der Waals surface area contributed by atoms with Crippen molar-refractivity contribution in [2.45, 2.75) is 43.9 Å². The van der Waals surface area contributed by atoms with Gasteiger partial charge in [-0.2, -0.15) is 0 Å². The van der Waals surface area contributed by atoms with Crippen LogP contribution in [0.5, 0.6) is 5.75 Å². The number of carbonyl (C=O) groups excluding carboxylic acids is 3. The van der Waals surface area contributed by atoms with E-state index in [0.717, 1.165) is 55.5 Å². The Balaban J connectivity index is 1.17. The average molecular weight is 525 g/mol. The highest BCUT2D eigenvalue weighted by atomic mass is 16.5. The molecule has 2 bridgehead atoms. The number of piperidine rings is 3. The third-order valence-corrected chi connectivity index (χ3v) is 8.41. The number of carbonyl (C=O) groups is 3. The van der Waals surface area contributed by atoms with Crippen molar-refractivity contribution in [2.75, 3.05) is 19.6 Å². The maximum absolute atomic E-state index is 13.9. The molecule has 3 fully saturated rings. The Hall–Kier alpha value is -3.97. The van der Waals surface area contributed by atoms with Gasteiger partial charge in [-0.15, -0.1) is 0 Å². The molecule has 3 saturated heterocycles. The van der Waals surface area contributed by atoms with Gasteiger partial charge < -0.3 is 14.8 Å². The van der Waals surface area contributed by atoms with Crippen LogP contribution in [0.15, 0.2) is 72.8 Å². The number of aldehydes is 1. The summed E-state index contributed by atoms with van der Waals surface area (Å²) in [6, 6.07) is 21.9. The first-order valence-electron chi connectivity index (χ1n) is 13.7. The smallest absolute Gasteiger partial charge is 0.336 e. The maximum Gasteiger partial charge on any atom is 0.336 e. The summed E-state index contributed by atoms with van der Waals surface area (Å²) in [5.41, 5.74) is 2.67. The van der Waals surface area contributed by atoms with Crippen LogP contribution >= 0.6 is 0 Å². The van der Waals surface area contributed by atoms with Gasteiger partial charge in [-0.05, 0) is 85.6 Å². The lowest BCUT2D eigenvalue weighted by Gasteiger charge is -2.45. The van der Waals surface area contributed by atoms with E-state index in [9.17, 15) is 14.4 Å². The van der Waals surface area contributed by atoms with Gasteiger partial charge in [-0.25, -0.2) is 4.79 Å². The molecule has 3 aromatic rings. The summed E-state index contributed by atoms with van der Waals surface area (Å²) in [4.78, 5) is 40.5. The lowest BCUT2D eigenvalue weighted by molar-refractivity contribution is -0.167. The second-order valence-electron chi connectivity index (χ2n) is 10.8. The number of nitrogens with zero attached hydrogens (tertiary/aromatic N) is 1. The van der Waals surface area contributed by atoms with E-state index in [1.165, 1.54) is 0 Å². The van der Waals surface area contributed by atoms with Gasteiger partial charge in [-0.3, -0.25) is 14.5 Å². The highest BCUT2D eigenvalue weighted by Crippen LogP contribution is 2.40. The monoisotopic (exact) mass is 524 g/mol. The van der Waals surface area contributed by atoms with Crippen LogP contribution in [0.2, 0.25) is 0 Å². The summed E-state index contributed by atoms with van der Waals surface area (Å²) in [6.07, 6.45) is 3.94. The van der Waals surface area contributed by atoms with Gasteiger partial charge in [0.1, 0.15) is 24.7 Å². The van der Waals surface area contributed by atoms with Crippen LogP contribution in [-0.4, -0.2) is 48.8 Å². The van der Waals surface area contributed by atoms with Crippen LogP contribution in [-0.2, 0) is 28.1 Å². The number of esters is 1. The molecule has 3 aliphatic heterocycles. The summed E-state index contributed by atoms with van der Waals surface area (Å²) in [5.74, 6) is 0.321. The second-order valence-corrected chi connectivity index (χ2v) is 10.8. The third-order valence-electron chi connectivity index (χ3n) is 8.41. The number of aryl methyl sites for hydroxylation is 1. The van der Waals surface area contributed by atoms with E-state index in [0.29, 0.717) is 42.2 Å². The molecule has 2 atom stereocenters. The quantitative estimate of drug-likeness (QED) is 0.350. The normalized spacial score (nSPS) is 25.0. The number of hydrogen-bond acceptors (Lipinski definition) is 6. The predicted octanol–water partition coefficient (Wildman–Crippen LogP) is 4.29. The molecule has 0 spiro atoms. The Morgan fingerprint density at radius 1 is 0.974 bits per heavy atom. The van der Waals surface area contributed by atoms with E-state index >= 15 is 0 Å². The van der Waals surface area contributed by atoms with Crippen LogP contribution in [0.25, 0.3) is 0 Å². The summed E-state index contributed by atoms with van der Waals surface area (Å²) in [6.45, 7) is 3.24. The van der Waals surface area contributed by atoms with E-state index in [1.54, 1.807) is 36.4 Å². The molecule has 3 heterocycles. The van der Waals surface area contributed by atoms with Crippen molar-refractivity contribution in [1.82, 2.24) is 10.2 Å². The van der Waals surface area contributed by atoms with E-state index in [1.807, 2.05) is 36.4 Å². The van der Waals surface area contributed by atoms with Gasteiger partial charge in [0, 0.05) is 17.7 Å². The first-order valence-corrected chi connectivity index (χ1v) is 13.7. The Bertz CT molecular complexity index is 1360. The first-order chi connectivity index (χ1) is 19.0. The first kappa shape index (κ1) is 25.3. The third kappa shape index (κ3) is 5.06. The molecule has 0 saturated carbocycles. The summed E-state index contributed by atoms with van der Waals surface area (Å²) < 4.78 is 12.0. The predicted molar refractivity (Wildman–Crippen MR) is 146 cm³/mol. The molecule has 1 unspecified atom stereocenters. The number of fused-ring (bicyclic) bond motifs is 4. The van der Waals surface area contributed by atoms with Crippen molar-refractivity contribution in [3.63, 3.8) is 0 Å². The highest BCUT2D eigenvalue weighted by Gasteiger charge is 2.50. The molecule has 3 aromatic carbocycles. The van der Waals surface area contributed by atoms with Crippen LogP contribution in [0.3, 0.4) is 0 Å². The van der Waals surface area contributed by atoms with Gasteiger partial charge in [0.05, 0.1) is 0 Å². The molecule has 1 amide bonds. The van der Waals surface area contributed by atoms with Gasteiger partial charge in [0.25, 0.3) is 5.91 Å². The molecule has 7 nitrogen and oxygen atoms in total. The fourth-order valence-electron chi connectivity index (χ4n) is 6.11. The van der Waals surface area contributed by atoms with Crippen molar-refractivity contribution in [3.05, 3.63) is 101 Å². The highest BCUT2D eigenvalue weighted by molar-refractivity contribution is 5.99.